The van der Waals surface area contributed by atoms with Crippen LogP contribution in [0.25, 0.3) is 16.5 Å². The highest BCUT2D eigenvalue weighted by Gasteiger charge is 2.38. The molecule has 0 bridgehead atoms. The number of rotatable bonds is 2. The molecule has 1 aromatic heterocycles. The fourth-order valence-electron chi connectivity index (χ4n) is 5.88. The Kier molecular flexibility index (Phi) is 3.77. The summed E-state index contributed by atoms with van der Waals surface area (Å²) >= 11 is 0. The number of para-hydroxylation sites is 3. The summed E-state index contributed by atoms with van der Waals surface area (Å²) in [7, 11) is 0. The van der Waals surface area contributed by atoms with Crippen molar-refractivity contribution in [2.45, 2.75) is 26.4 Å². The predicted molar refractivity (Wildman–Crippen MR) is 135 cm³/mol. The summed E-state index contributed by atoms with van der Waals surface area (Å²) in [6.45, 7) is 4.58. The molecule has 0 N–H and O–H groups in total. The first-order valence-electron chi connectivity index (χ1n) is 11.5. The van der Waals surface area contributed by atoms with E-state index in [2.05, 4.69) is 118 Å². The van der Waals surface area contributed by atoms with Crippen LogP contribution in [0.1, 0.15) is 23.9 Å². The molecule has 1 atom stereocenters. The first kappa shape index (κ1) is 18.5. The molecule has 2 aliphatic heterocycles. The molecular formula is C29H24N4. The highest BCUT2D eigenvalue weighted by Crippen LogP contribution is 2.52. The summed E-state index contributed by atoms with van der Waals surface area (Å²) in [5, 5.41) is 2.60. The summed E-state index contributed by atoms with van der Waals surface area (Å²) in [5.41, 5.74) is 8.99. The molecule has 0 aliphatic carbocycles. The Labute approximate surface area is 193 Å². The third-order valence-corrected chi connectivity index (χ3v) is 7.23. The smallest absolute Gasteiger partial charge is 0.117 e. The standard InChI is InChI=1S/C29H24N4/c1-19-22-12-6-7-13-23(22)29-24(18-27-30-16-17-31(27)29)28(19)33-20(2)32(21-10-4-3-5-11-21)25-14-8-9-15-26(25)33/h3-17,20H,18H2,1-2H3/t20-/m0/s1. The van der Waals surface area contributed by atoms with Gasteiger partial charge in [0.05, 0.1) is 22.7 Å². The van der Waals surface area contributed by atoms with Crippen LogP contribution in [0.5, 0.6) is 0 Å². The maximum Gasteiger partial charge on any atom is 0.117 e. The predicted octanol–water partition coefficient (Wildman–Crippen LogP) is 6.87. The van der Waals surface area contributed by atoms with E-state index >= 15 is 0 Å². The average molecular weight is 429 g/mol. The lowest BCUT2D eigenvalue weighted by Crippen LogP contribution is -2.36. The quantitative estimate of drug-likeness (QED) is 0.301. The van der Waals surface area contributed by atoms with E-state index in [0.717, 1.165) is 12.2 Å². The molecule has 0 fully saturated rings. The largest absolute Gasteiger partial charge is 0.319 e. The number of fused-ring (bicyclic) bond motifs is 6. The maximum atomic E-state index is 4.68. The second-order valence-corrected chi connectivity index (χ2v) is 8.93. The zero-order chi connectivity index (χ0) is 22.1. The molecule has 4 nitrogen and oxygen atoms in total. The fraction of sp³-hybridized carbons (Fsp3) is 0.138. The second kappa shape index (κ2) is 6.72. The average Bonchev–Trinajstić information content (AvgIpc) is 3.52. The Morgan fingerprint density at radius 2 is 1.42 bits per heavy atom. The van der Waals surface area contributed by atoms with E-state index in [0.29, 0.717) is 0 Å². The number of hydrogen-bond donors (Lipinski definition) is 0. The highest BCUT2D eigenvalue weighted by molar-refractivity contribution is 6.02. The molecule has 0 saturated heterocycles. The molecule has 2 aliphatic rings. The SMILES string of the molecule is Cc1c(N2c3ccccc3N(c3ccccc3)[C@@H]2C)c2c(c3ccccc13)-n1ccnc1C2. The van der Waals surface area contributed by atoms with Crippen LogP contribution in [0.3, 0.4) is 0 Å². The first-order valence-corrected chi connectivity index (χ1v) is 11.5. The van der Waals surface area contributed by atoms with Crippen molar-refractivity contribution in [2.75, 3.05) is 9.80 Å². The molecule has 4 heteroatoms. The number of anilines is 4. The molecule has 0 unspecified atom stereocenters. The molecule has 33 heavy (non-hydrogen) atoms. The number of nitrogens with zero attached hydrogens (tertiary/aromatic N) is 4. The molecule has 4 aromatic carbocycles. The van der Waals surface area contributed by atoms with Crippen molar-refractivity contribution < 1.29 is 0 Å². The zero-order valence-corrected chi connectivity index (χ0v) is 18.7. The van der Waals surface area contributed by atoms with E-state index in [1.165, 1.54) is 50.3 Å². The van der Waals surface area contributed by atoms with Gasteiger partial charge in [0.2, 0.25) is 0 Å². The third-order valence-electron chi connectivity index (χ3n) is 7.23. The van der Waals surface area contributed by atoms with Crippen LogP contribution in [0.2, 0.25) is 0 Å². The Bertz CT molecular complexity index is 1530. The van der Waals surface area contributed by atoms with Crippen LogP contribution in [0.15, 0.2) is 91.3 Å². The van der Waals surface area contributed by atoms with Crippen LogP contribution >= 0.6 is 0 Å². The molecule has 0 spiro atoms. The van der Waals surface area contributed by atoms with E-state index in [9.17, 15) is 0 Å². The minimum Gasteiger partial charge on any atom is -0.319 e. The van der Waals surface area contributed by atoms with Crippen molar-refractivity contribution in [3.8, 4) is 5.69 Å². The summed E-state index contributed by atoms with van der Waals surface area (Å²) in [6.07, 6.45) is 5.00. The van der Waals surface area contributed by atoms with E-state index < -0.39 is 0 Å². The number of benzene rings is 4. The van der Waals surface area contributed by atoms with Gasteiger partial charge >= 0.3 is 0 Å². The Morgan fingerprint density at radius 1 is 0.758 bits per heavy atom. The van der Waals surface area contributed by atoms with Crippen molar-refractivity contribution in [2.24, 2.45) is 0 Å². The molecule has 7 rings (SSSR count). The van der Waals surface area contributed by atoms with Gasteiger partial charge in [0.1, 0.15) is 12.0 Å². The Morgan fingerprint density at radius 3 is 2.21 bits per heavy atom. The van der Waals surface area contributed by atoms with Crippen molar-refractivity contribution >= 4 is 33.5 Å². The fourth-order valence-corrected chi connectivity index (χ4v) is 5.88. The summed E-state index contributed by atoms with van der Waals surface area (Å²) in [5.74, 6) is 1.11. The normalized spacial score (nSPS) is 16.2. The lowest BCUT2D eigenvalue weighted by Gasteiger charge is -2.33. The zero-order valence-electron chi connectivity index (χ0n) is 18.7. The molecule has 3 heterocycles. The number of imidazole rings is 1. The van der Waals surface area contributed by atoms with Gasteiger partial charge in [0.25, 0.3) is 0 Å². The van der Waals surface area contributed by atoms with Gasteiger partial charge in [-0.2, -0.15) is 0 Å². The number of aryl methyl sites for hydroxylation is 1. The van der Waals surface area contributed by atoms with Crippen molar-refractivity contribution in [1.82, 2.24) is 9.55 Å². The van der Waals surface area contributed by atoms with Crippen LogP contribution in [0, 0.1) is 6.92 Å². The second-order valence-electron chi connectivity index (χ2n) is 8.93. The maximum absolute atomic E-state index is 4.68. The van der Waals surface area contributed by atoms with E-state index in [-0.39, 0.29) is 6.17 Å². The molecule has 160 valence electrons. The Balaban J connectivity index is 1.53. The van der Waals surface area contributed by atoms with Crippen molar-refractivity contribution in [3.05, 3.63) is 108 Å². The molecule has 0 saturated carbocycles. The van der Waals surface area contributed by atoms with Gasteiger partial charge in [0.15, 0.2) is 0 Å². The van der Waals surface area contributed by atoms with Crippen LogP contribution < -0.4 is 9.80 Å². The van der Waals surface area contributed by atoms with Gasteiger partial charge in [-0.25, -0.2) is 4.98 Å². The lowest BCUT2D eigenvalue weighted by atomic mass is 9.95. The van der Waals surface area contributed by atoms with Crippen molar-refractivity contribution in [3.63, 3.8) is 0 Å². The van der Waals surface area contributed by atoms with E-state index in [1.54, 1.807) is 0 Å². The van der Waals surface area contributed by atoms with Crippen molar-refractivity contribution in [1.29, 1.82) is 0 Å². The van der Waals surface area contributed by atoms with Gasteiger partial charge in [-0.3, -0.25) is 0 Å². The molecular weight excluding hydrogens is 404 g/mol. The number of aromatic nitrogens is 2. The molecule has 0 amide bonds. The van der Waals surface area contributed by atoms with Gasteiger partial charge in [0, 0.05) is 35.5 Å². The summed E-state index contributed by atoms with van der Waals surface area (Å²) in [4.78, 5) is 9.66. The van der Waals surface area contributed by atoms with E-state index in [1.807, 2.05) is 6.20 Å². The van der Waals surface area contributed by atoms with Crippen LogP contribution in [-0.4, -0.2) is 15.7 Å². The van der Waals surface area contributed by atoms with Crippen LogP contribution in [0.4, 0.5) is 22.7 Å². The lowest BCUT2D eigenvalue weighted by molar-refractivity contribution is 0.757. The van der Waals surface area contributed by atoms with Gasteiger partial charge in [-0.05, 0) is 49.1 Å². The monoisotopic (exact) mass is 428 g/mol. The molecule has 0 radical (unpaired) electrons. The van der Waals surface area contributed by atoms with Gasteiger partial charge in [-0.15, -0.1) is 0 Å². The first-order chi connectivity index (χ1) is 16.2. The van der Waals surface area contributed by atoms with Gasteiger partial charge in [-0.1, -0.05) is 54.6 Å². The summed E-state index contributed by atoms with van der Waals surface area (Å²) < 4.78 is 2.28. The van der Waals surface area contributed by atoms with Gasteiger partial charge < -0.3 is 14.4 Å². The molecule has 5 aromatic rings. The van der Waals surface area contributed by atoms with E-state index in [4.69, 9.17) is 0 Å². The third kappa shape index (κ3) is 2.43. The summed E-state index contributed by atoms with van der Waals surface area (Å²) in [6, 6.07) is 28.3. The van der Waals surface area contributed by atoms with Crippen LogP contribution in [-0.2, 0) is 6.42 Å². The minimum atomic E-state index is 0.140. The Hall–Kier alpha value is -4.05. The number of hydrogen-bond acceptors (Lipinski definition) is 3. The highest BCUT2D eigenvalue weighted by atomic mass is 15.4. The minimum absolute atomic E-state index is 0.140. The topological polar surface area (TPSA) is 24.3 Å².